The van der Waals surface area contributed by atoms with Gasteiger partial charge in [0, 0.05) is 18.2 Å². The number of amidine groups is 1. The van der Waals surface area contributed by atoms with E-state index in [0.717, 1.165) is 36.9 Å². The molecule has 2 atom stereocenters. The van der Waals surface area contributed by atoms with Crippen molar-refractivity contribution in [2.45, 2.75) is 69.9 Å². The van der Waals surface area contributed by atoms with Gasteiger partial charge in [-0.1, -0.05) is 25.3 Å². The third kappa shape index (κ3) is 5.63. The zero-order valence-electron chi connectivity index (χ0n) is 18.3. The lowest BCUT2D eigenvalue weighted by Crippen LogP contribution is -2.53. The van der Waals surface area contributed by atoms with E-state index < -0.39 is 39.9 Å². The Labute approximate surface area is 189 Å². The summed E-state index contributed by atoms with van der Waals surface area (Å²) in [6.45, 7) is 5.87. The molecule has 32 heavy (non-hydrogen) atoms. The van der Waals surface area contributed by atoms with Gasteiger partial charge in [0.25, 0.3) is 5.91 Å². The number of likely N-dealkylation sites (tertiary alicyclic amines) is 1. The molecule has 0 aromatic carbocycles. The summed E-state index contributed by atoms with van der Waals surface area (Å²) in [7, 11) is -4.38. The Morgan fingerprint density at radius 1 is 1.19 bits per heavy atom. The first-order valence-electron chi connectivity index (χ1n) is 10.9. The molecule has 10 nitrogen and oxygen atoms in total. The van der Waals surface area contributed by atoms with Gasteiger partial charge >= 0.3 is 10.2 Å². The number of nitrogens with zero attached hydrogens (tertiary/aromatic N) is 2. The lowest BCUT2D eigenvalue weighted by Gasteiger charge is -2.25. The summed E-state index contributed by atoms with van der Waals surface area (Å²) in [6, 6.07) is 1.55. The Morgan fingerprint density at radius 3 is 2.53 bits per heavy atom. The van der Waals surface area contributed by atoms with E-state index in [9.17, 15) is 18.0 Å². The quantitative estimate of drug-likeness (QED) is 0.363. The van der Waals surface area contributed by atoms with Crippen LogP contribution in [0.15, 0.2) is 12.1 Å². The molecule has 1 aliphatic carbocycles. The minimum absolute atomic E-state index is 0.158. The lowest BCUT2D eigenvalue weighted by molar-refractivity contribution is -0.138. The highest BCUT2D eigenvalue weighted by Crippen LogP contribution is 2.33. The van der Waals surface area contributed by atoms with E-state index in [4.69, 9.17) is 11.1 Å². The Balaban J connectivity index is 1.68. The molecule has 1 saturated carbocycles. The molecule has 1 radical (unpaired) electrons. The van der Waals surface area contributed by atoms with Crippen LogP contribution in [0.3, 0.4) is 0 Å². The fourth-order valence-electron chi connectivity index (χ4n) is 4.35. The second-order valence-corrected chi connectivity index (χ2v) is 9.92. The third-order valence-electron chi connectivity index (χ3n) is 5.96. The van der Waals surface area contributed by atoms with Crippen molar-refractivity contribution < 1.29 is 18.0 Å². The maximum atomic E-state index is 12.6. The highest BCUT2D eigenvalue weighted by atomic mass is 32.2. The summed E-state index contributed by atoms with van der Waals surface area (Å²) in [6.07, 6.45) is 6.30. The number of carbonyl (C=O) groups is 2. The van der Waals surface area contributed by atoms with Crippen LogP contribution in [0.2, 0.25) is 0 Å². The molecule has 5 N–H and O–H groups in total. The molecule has 175 valence electrons. The number of aromatic nitrogens is 1. The maximum absolute atomic E-state index is 12.6. The van der Waals surface area contributed by atoms with E-state index in [2.05, 4.69) is 16.6 Å². The smallest absolute Gasteiger partial charge is 0.324 e. The van der Waals surface area contributed by atoms with E-state index in [1.54, 1.807) is 6.07 Å². The highest BCUT2D eigenvalue weighted by Gasteiger charge is 2.36. The summed E-state index contributed by atoms with van der Waals surface area (Å²) in [4.78, 5) is 30.5. The molecule has 1 aliphatic heterocycles. The van der Waals surface area contributed by atoms with Crippen LogP contribution in [0.25, 0.3) is 0 Å². The van der Waals surface area contributed by atoms with Crippen LogP contribution in [-0.2, 0) is 19.8 Å². The standard InChI is InChI=1S/C21H31N6O4S/c1-13-10-11-16(24-18(13)15-7-4-3-5-8-15)19(23)25-32(30,31)26-20(28)17-9-6-12-27(17)21(29)14(2)22/h10-11,14-15,17H,1,3-9,12,22H2,2H3,(H2,23,25)(H,26,28)/t14-,17-/m0/s1. The van der Waals surface area contributed by atoms with Gasteiger partial charge in [0.15, 0.2) is 5.84 Å². The molecule has 0 bridgehead atoms. The number of amides is 2. The first-order valence-corrected chi connectivity index (χ1v) is 12.4. The van der Waals surface area contributed by atoms with Crippen LogP contribution in [0.4, 0.5) is 0 Å². The maximum Gasteiger partial charge on any atom is 0.324 e. The number of hydrogen-bond donors (Lipinski definition) is 4. The monoisotopic (exact) mass is 463 g/mol. The van der Waals surface area contributed by atoms with Gasteiger partial charge in [-0.2, -0.15) is 8.42 Å². The molecule has 2 heterocycles. The number of hydrogen-bond acceptors (Lipinski definition) is 7. The molecular weight excluding hydrogens is 432 g/mol. The number of rotatable bonds is 6. The van der Waals surface area contributed by atoms with Gasteiger partial charge in [0.1, 0.15) is 11.7 Å². The molecular formula is C21H31N6O4S. The molecule has 2 fully saturated rings. The minimum Gasteiger partial charge on any atom is -0.329 e. The molecule has 2 aliphatic rings. The largest absolute Gasteiger partial charge is 0.329 e. The zero-order valence-corrected chi connectivity index (χ0v) is 19.1. The molecule has 1 aromatic heterocycles. The van der Waals surface area contributed by atoms with Gasteiger partial charge in [-0.15, -0.1) is 0 Å². The Morgan fingerprint density at radius 2 is 1.88 bits per heavy atom. The van der Waals surface area contributed by atoms with Gasteiger partial charge in [-0.25, -0.2) is 14.4 Å². The summed E-state index contributed by atoms with van der Waals surface area (Å²) in [5, 5.41) is 8.18. The molecule has 11 heteroatoms. The lowest BCUT2D eigenvalue weighted by atomic mass is 9.85. The highest BCUT2D eigenvalue weighted by molar-refractivity contribution is 7.88. The van der Waals surface area contributed by atoms with Crippen molar-refractivity contribution in [2.24, 2.45) is 5.73 Å². The predicted molar refractivity (Wildman–Crippen MR) is 120 cm³/mol. The first-order chi connectivity index (χ1) is 15.1. The van der Waals surface area contributed by atoms with Crippen LogP contribution in [0.5, 0.6) is 0 Å². The van der Waals surface area contributed by atoms with Crippen molar-refractivity contribution in [1.29, 1.82) is 5.41 Å². The van der Waals surface area contributed by atoms with E-state index in [0.29, 0.717) is 19.4 Å². The van der Waals surface area contributed by atoms with Crippen LogP contribution in [0.1, 0.15) is 74.7 Å². The average molecular weight is 464 g/mol. The topological polar surface area (TPSA) is 158 Å². The Hall–Kier alpha value is -2.53. The van der Waals surface area contributed by atoms with E-state index in [1.807, 2.05) is 4.72 Å². The number of nitrogens with two attached hydrogens (primary N) is 1. The number of nitrogens with one attached hydrogen (secondary N) is 3. The molecule has 0 unspecified atom stereocenters. The van der Waals surface area contributed by atoms with E-state index in [-0.39, 0.29) is 11.6 Å². The van der Waals surface area contributed by atoms with Crippen molar-refractivity contribution in [1.82, 2.24) is 19.3 Å². The SMILES string of the molecule is [CH2]c1ccc(C(=N)NS(=O)(=O)NC(=O)[C@@H]2CCCN2C(=O)[C@H](C)N)nc1C1CCCCC1. The Bertz CT molecular complexity index is 988. The van der Waals surface area contributed by atoms with Crippen molar-refractivity contribution in [2.75, 3.05) is 6.54 Å². The van der Waals surface area contributed by atoms with Gasteiger partial charge < -0.3 is 10.6 Å². The van der Waals surface area contributed by atoms with Gasteiger partial charge in [-0.3, -0.25) is 15.0 Å². The zero-order chi connectivity index (χ0) is 23.5. The summed E-state index contributed by atoms with van der Waals surface area (Å²) < 4.78 is 29.0. The van der Waals surface area contributed by atoms with E-state index in [1.165, 1.54) is 24.3 Å². The normalized spacial score (nSPS) is 20.6. The first kappa shape index (κ1) is 24.1. The number of carbonyl (C=O) groups excluding carboxylic acids is 2. The fraction of sp³-hybridized carbons (Fsp3) is 0.571. The van der Waals surface area contributed by atoms with Crippen LogP contribution >= 0.6 is 0 Å². The summed E-state index contributed by atoms with van der Waals surface area (Å²) in [5.41, 5.74) is 7.33. The summed E-state index contributed by atoms with van der Waals surface area (Å²) >= 11 is 0. The van der Waals surface area contributed by atoms with Crippen LogP contribution in [-0.4, -0.2) is 54.6 Å². The molecule has 3 rings (SSSR count). The number of pyridine rings is 1. The molecule has 1 saturated heterocycles. The van der Waals surface area contributed by atoms with Crippen LogP contribution < -0.4 is 15.2 Å². The van der Waals surface area contributed by atoms with Gasteiger partial charge in [0.2, 0.25) is 5.91 Å². The summed E-state index contributed by atoms with van der Waals surface area (Å²) in [5.74, 6) is -1.44. The minimum atomic E-state index is -4.38. The average Bonchev–Trinajstić information content (AvgIpc) is 3.23. The van der Waals surface area contributed by atoms with Crippen molar-refractivity contribution in [3.8, 4) is 0 Å². The van der Waals surface area contributed by atoms with Crippen molar-refractivity contribution in [3.05, 3.63) is 36.0 Å². The molecule has 2 amide bonds. The van der Waals surface area contributed by atoms with Gasteiger partial charge in [0.05, 0.1) is 6.04 Å². The van der Waals surface area contributed by atoms with Crippen LogP contribution in [0, 0.1) is 12.3 Å². The Kier molecular flexibility index (Phi) is 7.50. The van der Waals surface area contributed by atoms with E-state index >= 15 is 0 Å². The van der Waals surface area contributed by atoms with Crippen molar-refractivity contribution >= 4 is 27.9 Å². The molecule has 0 spiro atoms. The predicted octanol–water partition coefficient (Wildman–Crippen LogP) is 0.926. The second kappa shape index (κ2) is 9.95. The van der Waals surface area contributed by atoms with Gasteiger partial charge in [-0.05, 0) is 51.2 Å². The third-order valence-corrected chi connectivity index (χ3v) is 6.90. The fourth-order valence-corrected chi connectivity index (χ4v) is 5.17. The molecule has 1 aromatic rings. The second-order valence-electron chi connectivity index (χ2n) is 8.50. The van der Waals surface area contributed by atoms with Crippen molar-refractivity contribution in [3.63, 3.8) is 0 Å².